The van der Waals surface area contributed by atoms with Gasteiger partial charge in [-0.2, -0.15) is 4.31 Å². The Kier molecular flexibility index (Phi) is 5.51. The SMILES string of the molecule is O=c1c(S(=O)(=O)N2CCCCC2)cn(-c2nccs2)c2nc(N3CCNCC3)ccc12. The summed E-state index contributed by atoms with van der Waals surface area (Å²) in [6.45, 7) is 4.26. The molecule has 0 amide bonds. The molecule has 1 N–H and O–H groups in total. The molecule has 9 nitrogen and oxygen atoms in total. The number of pyridine rings is 2. The summed E-state index contributed by atoms with van der Waals surface area (Å²) in [4.78, 5) is 24.4. The summed E-state index contributed by atoms with van der Waals surface area (Å²) in [6.07, 6.45) is 5.68. The molecule has 3 aromatic rings. The minimum Gasteiger partial charge on any atom is -0.354 e. The number of fused-ring (bicyclic) bond motifs is 1. The number of rotatable bonds is 4. The Hall–Kier alpha value is -2.34. The molecule has 11 heteroatoms. The van der Waals surface area contributed by atoms with Gasteiger partial charge < -0.3 is 10.2 Å². The summed E-state index contributed by atoms with van der Waals surface area (Å²) in [6, 6.07) is 3.50. The van der Waals surface area contributed by atoms with E-state index in [-0.39, 0.29) is 10.3 Å². The lowest BCUT2D eigenvalue weighted by atomic mass is 10.2. The zero-order valence-electron chi connectivity index (χ0n) is 17.0. The van der Waals surface area contributed by atoms with Crippen LogP contribution in [-0.4, -0.2) is 66.5 Å². The van der Waals surface area contributed by atoms with Crippen molar-refractivity contribution < 1.29 is 8.42 Å². The van der Waals surface area contributed by atoms with E-state index in [4.69, 9.17) is 4.98 Å². The van der Waals surface area contributed by atoms with Gasteiger partial charge in [0.2, 0.25) is 15.5 Å². The summed E-state index contributed by atoms with van der Waals surface area (Å²) in [7, 11) is -3.90. The van der Waals surface area contributed by atoms with Crippen molar-refractivity contribution in [3.8, 4) is 5.13 Å². The van der Waals surface area contributed by atoms with Gasteiger partial charge in [-0.25, -0.2) is 18.4 Å². The molecule has 5 rings (SSSR count). The molecule has 0 bridgehead atoms. The first-order valence-electron chi connectivity index (χ1n) is 10.5. The molecule has 2 fully saturated rings. The van der Waals surface area contributed by atoms with Crippen LogP contribution in [0.15, 0.2) is 39.6 Å². The molecule has 0 atom stereocenters. The fourth-order valence-electron chi connectivity index (χ4n) is 4.15. The van der Waals surface area contributed by atoms with Gasteiger partial charge in [-0.3, -0.25) is 9.36 Å². The van der Waals surface area contributed by atoms with Crippen molar-refractivity contribution in [1.29, 1.82) is 0 Å². The first-order valence-corrected chi connectivity index (χ1v) is 12.8. The van der Waals surface area contributed by atoms with E-state index in [0.29, 0.717) is 23.9 Å². The number of nitrogens with zero attached hydrogens (tertiary/aromatic N) is 5. The quantitative estimate of drug-likeness (QED) is 0.629. The van der Waals surface area contributed by atoms with E-state index < -0.39 is 15.5 Å². The van der Waals surface area contributed by atoms with Gasteiger partial charge in [0.1, 0.15) is 10.7 Å². The Bertz CT molecular complexity index is 1240. The predicted molar refractivity (Wildman–Crippen MR) is 121 cm³/mol. The van der Waals surface area contributed by atoms with Gasteiger partial charge in [-0.1, -0.05) is 6.42 Å². The van der Waals surface area contributed by atoms with Gasteiger partial charge in [-0.15, -0.1) is 11.3 Å². The van der Waals surface area contributed by atoms with E-state index in [1.165, 1.54) is 21.8 Å². The maximum absolute atomic E-state index is 13.3. The number of piperidine rings is 1. The van der Waals surface area contributed by atoms with Crippen molar-refractivity contribution >= 4 is 38.2 Å². The lowest BCUT2D eigenvalue weighted by Crippen LogP contribution is -2.44. The molecule has 2 aliphatic rings. The smallest absolute Gasteiger partial charge is 0.248 e. The van der Waals surface area contributed by atoms with Crippen LogP contribution < -0.4 is 15.6 Å². The van der Waals surface area contributed by atoms with Gasteiger partial charge in [0.25, 0.3) is 0 Å². The van der Waals surface area contributed by atoms with E-state index in [1.807, 2.05) is 5.38 Å². The Labute approximate surface area is 184 Å². The third-order valence-electron chi connectivity index (χ3n) is 5.80. The summed E-state index contributed by atoms with van der Waals surface area (Å²) < 4.78 is 29.8. The fourth-order valence-corrected chi connectivity index (χ4v) is 6.37. The van der Waals surface area contributed by atoms with Gasteiger partial charge in [-0.05, 0) is 25.0 Å². The minimum absolute atomic E-state index is 0.214. The molecule has 5 heterocycles. The van der Waals surface area contributed by atoms with E-state index in [9.17, 15) is 13.2 Å². The molecule has 2 aliphatic heterocycles. The average Bonchev–Trinajstić information content (AvgIpc) is 3.35. The van der Waals surface area contributed by atoms with Crippen molar-refractivity contribution in [3.05, 3.63) is 40.1 Å². The molecule has 0 radical (unpaired) electrons. The van der Waals surface area contributed by atoms with Crippen LogP contribution in [0.25, 0.3) is 16.2 Å². The second-order valence-corrected chi connectivity index (χ2v) is 10.5. The third-order valence-corrected chi connectivity index (χ3v) is 8.46. The molecule has 0 aromatic carbocycles. The topological polar surface area (TPSA) is 100 Å². The molecular formula is C20H24N6O3S2. The van der Waals surface area contributed by atoms with Crippen LogP contribution in [-0.2, 0) is 10.0 Å². The van der Waals surface area contributed by atoms with Crippen LogP contribution in [0.3, 0.4) is 0 Å². The molecule has 0 spiro atoms. The van der Waals surface area contributed by atoms with Gasteiger partial charge in [0, 0.05) is 57.0 Å². The summed E-state index contributed by atoms with van der Waals surface area (Å²) in [5.74, 6) is 0.769. The second kappa shape index (κ2) is 8.30. The monoisotopic (exact) mass is 460 g/mol. The number of aromatic nitrogens is 3. The summed E-state index contributed by atoms with van der Waals surface area (Å²) >= 11 is 1.37. The molecule has 3 aromatic heterocycles. The van der Waals surface area contributed by atoms with Crippen molar-refractivity contribution in [2.75, 3.05) is 44.2 Å². The number of thiazole rings is 1. The van der Waals surface area contributed by atoms with Crippen LogP contribution >= 0.6 is 11.3 Å². The van der Waals surface area contributed by atoms with Crippen LogP contribution in [0.2, 0.25) is 0 Å². The maximum Gasteiger partial charge on any atom is 0.248 e. The molecule has 0 aliphatic carbocycles. The van der Waals surface area contributed by atoms with Gasteiger partial charge in [0.15, 0.2) is 10.8 Å². The van der Waals surface area contributed by atoms with Crippen LogP contribution in [0.4, 0.5) is 5.82 Å². The zero-order chi connectivity index (χ0) is 21.4. The summed E-state index contributed by atoms with van der Waals surface area (Å²) in [5.41, 5.74) is -0.0821. The Morgan fingerprint density at radius 2 is 1.81 bits per heavy atom. The van der Waals surface area contributed by atoms with Gasteiger partial charge in [0.05, 0.1) is 5.39 Å². The Morgan fingerprint density at radius 3 is 2.52 bits per heavy atom. The average molecular weight is 461 g/mol. The first-order chi connectivity index (χ1) is 15.1. The molecular weight excluding hydrogens is 436 g/mol. The van der Waals surface area contributed by atoms with Crippen molar-refractivity contribution in [2.24, 2.45) is 0 Å². The number of hydrogen-bond donors (Lipinski definition) is 1. The fraction of sp³-hybridized carbons (Fsp3) is 0.450. The lowest BCUT2D eigenvalue weighted by Gasteiger charge is -2.29. The third kappa shape index (κ3) is 3.75. The Balaban J connectivity index is 1.70. The molecule has 164 valence electrons. The molecule has 2 saturated heterocycles. The van der Waals surface area contributed by atoms with Gasteiger partial charge >= 0.3 is 0 Å². The largest absolute Gasteiger partial charge is 0.354 e. The Morgan fingerprint density at radius 1 is 1.03 bits per heavy atom. The molecule has 0 saturated carbocycles. The highest BCUT2D eigenvalue weighted by Gasteiger charge is 2.30. The van der Waals surface area contributed by atoms with Crippen molar-refractivity contribution in [1.82, 2.24) is 24.2 Å². The van der Waals surface area contributed by atoms with Crippen molar-refractivity contribution in [3.63, 3.8) is 0 Å². The highest BCUT2D eigenvalue weighted by atomic mass is 32.2. The highest BCUT2D eigenvalue weighted by molar-refractivity contribution is 7.89. The number of piperazine rings is 1. The first kappa shape index (κ1) is 20.6. The van der Waals surface area contributed by atoms with Crippen molar-refractivity contribution in [2.45, 2.75) is 24.2 Å². The number of hydrogen-bond acceptors (Lipinski definition) is 8. The number of anilines is 1. The molecule has 0 unspecified atom stereocenters. The summed E-state index contributed by atoms with van der Waals surface area (Å²) in [5, 5.41) is 5.99. The minimum atomic E-state index is -3.90. The normalized spacial score (nSPS) is 18.5. The van der Waals surface area contributed by atoms with E-state index in [2.05, 4.69) is 15.2 Å². The van der Waals surface area contributed by atoms with Crippen LogP contribution in [0.5, 0.6) is 0 Å². The molecule has 31 heavy (non-hydrogen) atoms. The number of sulfonamides is 1. The van der Waals surface area contributed by atoms with Crippen LogP contribution in [0, 0.1) is 0 Å². The zero-order valence-corrected chi connectivity index (χ0v) is 18.7. The van der Waals surface area contributed by atoms with E-state index in [0.717, 1.165) is 51.3 Å². The lowest BCUT2D eigenvalue weighted by molar-refractivity contribution is 0.346. The highest BCUT2D eigenvalue weighted by Crippen LogP contribution is 2.25. The maximum atomic E-state index is 13.3. The van der Waals surface area contributed by atoms with E-state index in [1.54, 1.807) is 22.9 Å². The standard InChI is InChI=1S/C20H24N6O3S2/c27-18-15-4-5-17(24-11-6-21-7-12-24)23-19(15)26(20-22-8-13-30-20)14-16(18)31(28,29)25-9-2-1-3-10-25/h4-5,8,13-14,21H,1-3,6-7,9-12H2. The van der Waals surface area contributed by atoms with Crippen LogP contribution in [0.1, 0.15) is 19.3 Å². The van der Waals surface area contributed by atoms with E-state index >= 15 is 0 Å². The number of nitrogens with one attached hydrogen (secondary N) is 1. The second-order valence-electron chi connectivity index (χ2n) is 7.75. The predicted octanol–water partition coefficient (Wildman–Crippen LogP) is 1.43.